The SMILES string of the molecule is CC(C)(C)c1ccc(CC(=O)N/N=C\c2cn(Cc3cccc4ccccc34)c3ccccc23)cc1. The smallest absolute Gasteiger partial charge is 0.244 e. The average molecular weight is 474 g/mol. The van der Waals surface area contributed by atoms with Crippen LogP contribution in [0.2, 0.25) is 0 Å². The number of aromatic nitrogens is 1. The number of nitrogens with zero attached hydrogens (tertiary/aromatic N) is 2. The second kappa shape index (κ2) is 9.82. The molecule has 36 heavy (non-hydrogen) atoms. The van der Waals surface area contributed by atoms with E-state index in [9.17, 15) is 4.79 Å². The van der Waals surface area contributed by atoms with E-state index in [0.29, 0.717) is 6.42 Å². The lowest BCUT2D eigenvalue weighted by Gasteiger charge is -2.19. The van der Waals surface area contributed by atoms with Gasteiger partial charge in [0.05, 0.1) is 12.6 Å². The molecule has 5 rings (SSSR count). The molecule has 180 valence electrons. The van der Waals surface area contributed by atoms with Crippen LogP contribution in [0.1, 0.15) is 43.0 Å². The Labute approximate surface area is 212 Å². The van der Waals surface area contributed by atoms with Crippen LogP contribution in [-0.2, 0) is 23.2 Å². The number of hydrogen-bond donors (Lipinski definition) is 1. The van der Waals surface area contributed by atoms with Gasteiger partial charge in [-0.05, 0) is 38.9 Å². The van der Waals surface area contributed by atoms with Crippen LogP contribution in [0.4, 0.5) is 0 Å². The first-order valence-electron chi connectivity index (χ1n) is 12.3. The van der Waals surface area contributed by atoms with E-state index in [1.807, 2.05) is 18.2 Å². The standard InChI is InChI=1S/C32H31N3O/c1-32(2,3)27-17-15-23(16-18-27)19-31(36)34-33-20-26-22-35(30-14-7-6-13-29(26)30)21-25-11-8-10-24-9-4-5-12-28(24)25/h4-18,20,22H,19,21H2,1-3H3,(H,34,36)/b33-20-. The zero-order chi connectivity index (χ0) is 25.1. The van der Waals surface area contributed by atoms with Crippen molar-refractivity contribution in [3.05, 3.63) is 119 Å². The average Bonchev–Trinajstić information content (AvgIpc) is 3.21. The predicted octanol–water partition coefficient (Wildman–Crippen LogP) is 6.83. The minimum Gasteiger partial charge on any atom is -0.342 e. The highest BCUT2D eigenvalue weighted by Crippen LogP contribution is 2.25. The summed E-state index contributed by atoms with van der Waals surface area (Å²) in [5, 5.41) is 7.88. The van der Waals surface area contributed by atoms with E-state index in [0.717, 1.165) is 28.6 Å². The van der Waals surface area contributed by atoms with Crippen LogP contribution < -0.4 is 5.43 Å². The third kappa shape index (κ3) is 5.08. The van der Waals surface area contributed by atoms with E-state index < -0.39 is 0 Å². The molecule has 1 N–H and O–H groups in total. The first-order valence-corrected chi connectivity index (χ1v) is 12.3. The highest BCUT2D eigenvalue weighted by molar-refractivity contribution is 6.00. The van der Waals surface area contributed by atoms with Gasteiger partial charge in [0, 0.05) is 29.2 Å². The molecule has 4 aromatic carbocycles. The Morgan fingerprint density at radius 3 is 2.33 bits per heavy atom. The molecular formula is C32H31N3O. The van der Waals surface area contributed by atoms with Crippen molar-refractivity contribution < 1.29 is 4.79 Å². The summed E-state index contributed by atoms with van der Waals surface area (Å²) in [6.07, 6.45) is 4.14. The third-order valence-corrected chi connectivity index (χ3v) is 6.62. The molecule has 0 unspecified atom stereocenters. The number of benzene rings is 4. The van der Waals surface area contributed by atoms with Gasteiger partial charge >= 0.3 is 0 Å². The number of amides is 1. The van der Waals surface area contributed by atoms with E-state index >= 15 is 0 Å². The number of para-hydroxylation sites is 1. The Bertz CT molecular complexity index is 1550. The van der Waals surface area contributed by atoms with Crippen molar-refractivity contribution >= 4 is 33.8 Å². The molecule has 4 heteroatoms. The molecule has 0 aliphatic carbocycles. The molecule has 4 nitrogen and oxygen atoms in total. The number of hydrazone groups is 1. The number of nitrogens with one attached hydrogen (secondary N) is 1. The van der Waals surface area contributed by atoms with Crippen molar-refractivity contribution in [1.29, 1.82) is 0 Å². The monoisotopic (exact) mass is 473 g/mol. The largest absolute Gasteiger partial charge is 0.342 e. The highest BCUT2D eigenvalue weighted by Gasteiger charge is 2.13. The van der Waals surface area contributed by atoms with Gasteiger partial charge in [-0.3, -0.25) is 4.79 Å². The first-order chi connectivity index (χ1) is 17.4. The summed E-state index contributed by atoms with van der Waals surface area (Å²) in [5.74, 6) is -0.130. The van der Waals surface area contributed by atoms with Crippen LogP contribution in [0, 0.1) is 0 Å². The van der Waals surface area contributed by atoms with Crippen LogP contribution >= 0.6 is 0 Å². The van der Waals surface area contributed by atoms with Crippen molar-refractivity contribution in [1.82, 2.24) is 9.99 Å². The van der Waals surface area contributed by atoms with Gasteiger partial charge in [0.15, 0.2) is 0 Å². The summed E-state index contributed by atoms with van der Waals surface area (Å²) in [6, 6.07) is 31.4. The number of fused-ring (bicyclic) bond motifs is 2. The number of hydrogen-bond acceptors (Lipinski definition) is 2. The summed E-state index contributed by atoms with van der Waals surface area (Å²) in [5.41, 5.74) is 8.39. The van der Waals surface area contributed by atoms with E-state index in [4.69, 9.17) is 0 Å². The zero-order valence-electron chi connectivity index (χ0n) is 21.0. The fourth-order valence-corrected chi connectivity index (χ4v) is 4.64. The van der Waals surface area contributed by atoms with Gasteiger partial charge in [-0.2, -0.15) is 5.10 Å². The summed E-state index contributed by atoms with van der Waals surface area (Å²) >= 11 is 0. The molecule has 1 heterocycles. The lowest BCUT2D eigenvalue weighted by molar-refractivity contribution is -0.120. The Balaban J connectivity index is 1.32. The fourth-order valence-electron chi connectivity index (χ4n) is 4.64. The van der Waals surface area contributed by atoms with Crippen LogP contribution in [0.25, 0.3) is 21.7 Å². The zero-order valence-corrected chi connectivity index (χ0v) is 21.0. The predicted molar refractivity (Wildman–Crippen MR) is 150 cm³/mol. The summed E-state index contributed by atoms with van der Waals surface area (Å²) < 4.78 is 2.25. The Hall–Kier alpha value is -4.18. The van der Waals surface area contributed by atoms with Crippen LogP contribution in [0.5, 0.6) is 0 Å². The van der Waals surface area contributed by atoms with Crippen LogP contribution in [0.15, 0.2) is 102 Å². The second-order valence-corrected chi connectivity index (χ2v) is 10.3. The number of carbonyl (C=O) groups excluding carboxylic acids is 1. The second-order valence-electron chi connectivity index (χ2n) is 10.3. The molecule has 0 radical (unpaired) electrons. The van der Waals surface area contributed by atoms with E-state index in [1.54, 1.807) is 6.21 Å². The quantitative estimate of drug-likeness (QED) is 0.213. The minimum absolute atomic E-state index is 0.0951. The molecular weight excluding hydrogens is 442 g/mol. The van der Waals surface area contributed by atoms with Crippen LogP contribution in [-0.4, -0.2) is 16.7 Å². The van der Waals surface area contributed by atoms with Gasteiger partial charge in [-0.25, -0.2) is 5.43 Å². The molecule has 5 aromatic rings. The maximum absolute atomic E-state index is 12.5. The lowest BCUT2D eigenvalue weighted by atomic mass is 9.86. The van der Waals surface area contributed by atoms with Gasteiger partial charge in [0.1, 0.15) is 0 Å². The molecule has 0 spiro atoms. The van der Waals surface area contributed by atoms with Crippen molar-refractivity contribution in [2.75, 3.05) is 0 Å². The van der Waals surface area contributed by atoms with Crippen molar-refractivity contribution in [2.24, 2.45) is 5.10 Å². The molecule has 0 saturated heterocycles. The molecule has 1 aromatic heterocycles. The third-order valence-electron chi connectivity index (χ3n) is 6.62. The normalized spacial score (nSPS) is 12.0. The summed E-state index contributed by atoms with van der Waals surface area (Å²) in [7, 11) is 0. The van der Waals surface area contributed by atoms with Gasteiger partial charge in [-0.1, -0.05) is 106 Å². The van der Waals surface area contributed by atoms with Crippen molar-refractivity contribution in [3.63, 3.8) is 0 Å². The molecule has 0 fully saturated rings. The van der Waals surface area contributed by atoms with Crippen molar-refractivity contribution in [3.8, 4) is 0 Å². The van der Waals surface area contributed by atoms with Gasteiger partial charge in [0.2, 0.25) is 5.91 Å². The number of carbonyl (C=O) groups is 1. The minimum atomic E-state index is -0.130. The molecule has 0 saturated carbocycles. The first kappa shape index (κ1) is 23.6. The Kier molecular flexibility index (Phi) is 6.43. The highest BCUT2D eigenvalue weighted by atomic mass is 16.2. The van der Waals surface area contributed by atoms with Gasteiger partial charge in [0.25, 0.3) is 0 Å². The van der Waals surface area contributed by atoms with E-state index in [1.165, 1.54) is 21.9 Å². The molecule has 0 aliphatic heterocycles. The van der Waals surface area contributed by atoms with Gasteiger partial charge < -0.3 is 4.57 Å². The van der Waals surface area contributed by atoms with Crippen LogP contribution in [0.3, 0.4) is 0 Å². The van der Waals surface area contributed by atoms with Gasteiger partial charge in [-0.15, -0.1) is 0 Å². The molecule has 1 amide bonds. The Morgan fingerprint density at radius 2 is 1.56 bits per heavy atom. The van der Waals surface area contributed by atoms with E-state index in [-0.39, 0.29) is 11.3 Å². The topological polar surface area (TPSA) is 46.4 Å². The lowest BCUT2D eigenvalue weighted by Crippen LogP contribution is -2.20. The Morgan fingerprint density at radius 1 is 0.861 bits per heavy atom. The summed E-state index contributed by atoms with van der Waals surface area (Å²) in [4.78, 5) is 12.5. The number of rotatable bonds is 6. The maximum Gasteiger partial charge on any atom is 0.244 e. The van der Waals surface area contributed by atoms with E-state index in [2.05, 4.69) is 115 Å². The molecule has 0 aliphatic rings. The van der Waals surface area contributed by atoms with Crippen molar-refractivity contribution in [2.45, 2.75) is 39.2 Å². The summed E-state index contributed by atoms with van der Waals surface area (Å²) in [6.45, 7) is 7.31. The maximum atomic E-state index is 12.5. The molecule has 0 atom stereocenters. The molecule has 0 bridgehead atoms. The fraction of sp³-hybridized carbons (Fsp3) is 0.188.